The zero-order chi connectivity index (χ0) is 33.4. The van der Waals surface area contributed by atoms with Gasteiger partial charge in [-0.3, -0.25) is 10.8 Å². The summed E-state index contributed by atoms with van der Waals surface area (Å²) in [4.78, 5) is 0. The van der Waals surface area contributed by atoms with Crippen molar-refractivity contribution in [3.05, 3.63) is 179 Å². The van der Waals surface area contributed by atoms with Crippen molar-refractivity contribution in [2.24, 2.45) is 0 Å². The molecular weight excluding hydrogens is 581 g/mol. The van der Waals surface area contributed by atoms with Crippen molar-refractivity contribution >= 4 is 22.6 Å². The van der Waals surface area contributed by atoms with Crippen molar-refractivity contribution < 1.29 is 0 Å². The van der Waals surface area contributed by atoms with E-state index in [0.29, 0.717) is 0 Å². The number of rotatable bonds is 6. The summed E-state index contributed by atoms with van der Waals surface area (Å²) in [5.41, 5.74) is 17.5. The molecule has 0 amide bonds. The largest absolute Gasteiger partial charge is 0.298 e. The second-order valence-electron chi connectivity index (χ2n) is 12.8. The third kappa shape index (κ3) is 5.78. The maximum absolute atomic E-state index is 9.48. The van der Waals surface area contributed by atoms with Crippen LogP contribution in [0.5, 0.6) is 0 Å². The highest BCUT2D eigenvalue weighted by atomic mass is 14.6. The Hall–Kier alpha value is -5.86. The van der Waals surface area contributed by atoms with Crippen molar-refractivity contribution in [1.82, 2.24) is 0 Å². The van der Waals surface area contributed by atoms with E-state index in [1.54, 1.807) is 0 Å². The van der Waals surface area contributed by atoms with Crippen LogP contribution in [-0.2, 0) is 0 Å². The zero-order valence-corrected chi connectivity index (χ0v) is 27.9. The van der Waals surface area contributed by atoms with Gasteiger partial charge in [0.15, 0.2) is 0 Å². The molecule has 0 fully saturated rings. The minimum Gasteiger partial charge on any atom is -0.298 e. The monoisotopic (exact) mass is 618 g/mol. The summed E-state index contributed by atoms with van der Waals surface area (Å²) in [7, 11) is 0. The summed E-state index contributed by atoms with van der Waals surface area (Å²) in [5.74, 6) is 0. The quantitative estimate of drug-likeness (QED) is 0.175. The molecule has 2 N–H and O–H groups in total. The molecule has 2 heteroatoms. The number of hydrogen-bond acceptors (Lipinski definition) is 2. The topological polar surface area (TPSA) is 47.7 Å². The third-order valence-corrected chi connectivity index (χ3v) is 9.32. The maximum Gasteiger partial charge on any atom is 0.0874 e. The summed E-state index contributed by atoms with van der Waals surface area (Å²) < 4.78 is 0. The lowest BCUT2D eigenvalue weighted by atomic mass is 9.79. The van der Waals surface area contributed by atoms with E-state index in [1.165, 1.54) is 22.3 Å². The van der Waals surface area contributed by atoms with Gasteiger partial charge in [0.25, 0.3) is 0 Å². The minimum absolute atomic E-state index is 0.220. The van der Waals surface area contributed by atoms with Gasteiger partial charge in [-0.15, -0.1) is 0 Å². The van der Waals surface area contributed by atoms with E-state index >= 15 is 0 Å². The van der Waals surface area contributed by atoms with Crippen LogP contribution >= 0.6 is 0 Å². The fourth-order valence-electron chi connectivity index (χ4n) is 6.61. The second kappa shape index (κ2) is 12.7. The number of aryl methyl sites for hydroxylation is 4. The highest BCUT2D eigenvalue weighted by molar-refractivity contribution is 6.68. The molecule has 0 aliphatic heterocycles. The van der Waals surface area contributed by atoms with Crippen LogP contribution in [0.25, 0.3) is 55.7 Å². The molecule has 0 aromatic heterocycles. The van der Waals surface area contributed by atoms with Gasteiger partial charge >= 0.3 is 0 Å². The first kappa shape index (κ1) is 30.8. The first-order valence-electron chi connectivity index (χ1n) is 16.4. The normalized spacial score (nSPS) is 12.9. The van der Waals surface area contributed by atoms with Crippen molar-refractivity contribution in [3.8, 4) is 44.5 Å². The van der Waals surface area contributed by atoms with E-state index < -0.39 is 0 Å². The minimum atomic E-state index is 0.220. The van der Waals surface area contributed by atoms with Crippen LogP contribution in [0.1, 0.15) is 33.4 Å². The van der Waals surface area contributed by atoms with E-state index in [4.69, 9.17) is 0 Å². The Bertz CT molecular complexity index is 2080. The van der Waals surface area contributed by atoms with E-state index in [1.807, 2.05) is 12.2 Å². The Morgan fingerprint density at radius 1 is 0.312 bits per heavy atom. The Morgan fingerprint density at radius 2 is 0.583 bits per heavy atom. The van der Waals surface area contributed by atoms with Gasteiger partial charge in [0, 0.05) is 11.1 Å². The predicted octanol–water partition coefficient (Wildman–Crippen LogP) is 12.1. The highest BCUT2D eigenvalue weighted by Gasteiger charge is 2.27. The summed E-state index contributed by atoms with van der Waals surface area (Å²) in [5, 5.41) is 19.0. The van der Waals surface area contributed by atoms with Gasteiger partial charge in [-0.25, -0.2) is 0 Å². The van der Waals surface area contributed by atoms with Crippen LogP contribution in [-0.4, -0.2) is 11.4 Å². The number of allylic oxidation sites excluding steroid dienone is 4. The van der Waals surface area contributed by atoms with Gasteiger partial charge in [-0.1, -0.05) is 168 Å². The van der Waals surface area contributed by atoms with Crippen molar-refractivity contribution in [2.75, 3.05) is 0 Å². The lowest BCUT2D eigenvalue weighted by Gasteiger charge is -2.24. The fraction of sp³-hybridized carbons (Fsp3) is 0.0870. The predicted molar refractivity (Wildman–Crippen MR) is 205 cm³/mol. The summed E-state index contributed by atoms with van der Waals surface area (Å²) >= 11 is 0. The second-order valence-corrected chi connectivity index (χ2v) is 12.8. The van der Waals surface area contributed by atoms with E-state index in [9.17, 15) is 10.8 Å². The van der Waals surface area contributed by atoms with Gasteiger partial charge in [0.2, 0.25) is 0 Å². The molecular formula is C46H38N2. The Balaban J connectivity index is 1.42. The molecule has 48 heavy (non-hydrogen) atoms. The smallest absolute Gasteiger partial charge is 0.0874 e. The van der Waals surface area contributed by atoms with Crippen molar-refractivity contribution in [3.63, 3.8) is 0 Å². The van der Waals surface area contributed by atoms with Crippen LogP contribution in [0.4, 0.5) is 0 Å². The SMILES string of the molecule is Cc1ccc(-c2cccc(C3=CC=C(c4cccc(-c5ccc(C)cc5)c4-c4ccc(C)cc4)C(=N)C3=N)c2-c2ccc(C)cc2)cc1. The summed E-state index contributed by atoms with van der Waals surface area (Å²) in [6, 6.07) is 47.1. The third-order valence-electron chi connectivity index (χ3n) is 9.32. The molecule has 0 radical (unpaired) electrons. The van der Waals surface area contributed by atoms with Gasteiger partial charge in [0.05, 0.1) is 11.4 Å². The number of nitrogens with one attached hydrogen (secondary N) is 2. The van der Waals surface area contributed by atoms with Gasteiger partial charge < -0.3 is 0 Å². The molecule has 6 aromatic carbocycles. The maximum atomic E-state index is 9.48. The standard InChI is InChI=1S/C46H38N2/c1-29-11-19-33(20-12-29)37-7-5-9-39(43(37)35-23-15-31(3)16-24-35)41-27-28-42(46(48)45(41)47)40-10-6-8-38(34-21-13-30(2)14-22-34)44(40)36-25-17-32(4)18-26-36/h5-28,47-48H,1-4H3. The molecule has 6 aromatic rings. The molecule has 1 aliphatic carbocycles. The van der Waals surface area contributed by atoms with Gasteiger partial charge in [-0.2, -0.15) is 0 Å². The van der Waals surface area contributed by atoms with E-state index in [0.717, 1.165) is 66.8 Å². The lowest BCUT2D eigenvalue weighted by Crippen LogP contribution is -2.19. The molecule has 0 bridgehead atoms. The zero-order valence-electron chi connectivity index (χ0n) is 27.9. The van der Waals surface area contributed by atoms with Crippen molar-refractivity contribution in [1.29, 1.82) is 10.8 Å². The van der Waals surface area contributed by atoms with Crippen molar-refractivity contribution in [2.45, 2.75) is 27.7 Å². The average molecular weight is 619 g/mol. The number of hydrogen-bond donors (Lipinski definition) is 2. The van der Waals surface area contributed by atoms with Crippen LogP contribution in [0.15, 0.2) is 146 Å². The molecule has 0 spiro atoms. The van der Waals surface area contributed by atoms with Crippen LogP contribution in [0, 0.1) is 38.5 Å². The van der Waals surface area contributed by atoms with Gasteiger partial charge in [0.1, 0.15) is 0 Å². The molecule has 0 saturated carbocycles. The summed E-state index contributed by atoms with van der Waals surface area (Å²) in [6.45, 7) is 8.40. The molecule has 2 nitrogen and oxygen atoms in total. The number of benzene rings is 6. The average Bonchev–Trinajstić information content (AvgIpc) is 3.10. The molecule has 232 valence electrons. The molecule has 0 heterocycles. The van der Waals surface area contributed by atoms with E-state index in [-0.39, 0.29) is 11.4 Å². The summed E-state index contributed by atoms with van der Waals surface area (Å²) in [6.07, 6.45) is 4.08. The highest BCUT2D eigenvalue weighted by Crippen LogP contribution is 2.43. The Kier molecular flexibility index (Phi) is 8.17. The van der Waals surface area contributed by atoms with Crippen LogP contribution < -0.4 is 0 Å². The van der Waals surface area contributed by atoms with E-state index in [2.05, 4.69) is 161 Å². The molecule has 0 saturated heterocycles. The lowest BCUT2D eigenvalue weighted by molar-refractivity contribution is 1.44. The Morgan fingerprint density at radius 3 is 0.896 bits per heavy atom. The fourth-order valence-corrected chi connectivity index (χ4v) is 6.61. The first-order chi connectivity index (χ1) is 23.3. The molecule has 0 unspecified atom stereocenters. The first-order valence-corrected chi connectivity index (χ1v) is 16.4. The van der Waals surface area contributed by atoms with Crippen LogP contribution in [0.3, 0.4) is 0 Å². The molecule has 1 aliphatic rings. The van der Waals surface area contributed by atoms with Crippen LogP contribution in [0.2, 0.25) is 0 Å². The molecule has 7 rings (SSSR count). The Labute approximate surface area is 283 Å². The van der Waals surface area contributed by atoms with Gasteiger partial charge in [-0.05, 0) is 83.3 Å². The molecule has 0 atom stereocenters.